The number of carbonyl (C=O) groups excluding carboxylic acids is 2. The van der Waals surface area contributed by atoms with Crippen molar-refractivity contribution in [2.45, 2.75) is 99.3 Å². The summed E-state index contributed by atoms with van der Waals surface area (Å²) < 4.78 is 5.54. The second-order valence-corrected chi connectivity index (χ2v) is 9.00. The number of benzene rings is 1. The highest BCUT2D eigenvalue weighted by atomic mass is 16.5. The molecule has 0 aliphatic carbocycles. The first-order chi connectivity index (χ1) is 13.2. The molecule has 1 rings (SSSR count). The topological polar surface area (TPSA) is 43.4 Å². The molecule has 0 spiro atoms. The fourth-order valence-electron chi connectivity index (χ4n) is 3.84. The smallest absolute Gasteiger partial charge is 0.316 e. The largest absolute Gasteiger partial charge is 0.426 e. The van der Waals surface area contributed by atoms with Gasteiger partial charge in [-0.05, 0) is 57.4 Å². The summed E-state index contributed by atoms with van der Waals surface area (Å²) in [4.78, 5) is 25.6. The molecule has 158 valence electrons. The van der Waals surface area contributed by atoms with Crippen LogP contribution in [0.5, 0.6) is 5.75 Å². The van der Waals surface area contributed by atoms with E-state index in [4.69, 9.17) is 4.74 Å². The van der Waals surface area contributed by atoms with E-state index in [0.29, 0.717) is 11.3 Å². The van der Waals surface area contributed by atoms with Gasteiger partial charge in [-0.3, -0.25) is 9.59 Å². The maximum Gasteiger partial charge on any atom is 0.316 e. The predicted octanol–water partition coefficient (Wildman–Crippen LogP) is 7.38. The summed E-state index contributed by atoms with van der Waals surface area (Å²) in [5.41, 5.74) is -0.107. The monoisotopic (exact) mass is 388 g/mol. The van der Waals surface area contributed by atoms with Crippen molar-refractivity contribution in [2.75, 3.05) is 0 Å². The van der Waals surface area contributed by atoms with Crippen molar-refractivity contribution in [2.24, 2.45) is 10.8 Å². The van der Waals surface area contributed by atoms with Crippen molar-refractivity contribution in [3.05, 3.63) is 29.8 Å². The van der Waals surface area contributed by atoms with Gasteiger partial charge in [-0.2, -0.15) is 0 Å². The number of hydrogen-bond donors (Lipinski definition) is 0. The Bertz CT molecular complexity index is 615. The van der Waals surface area contributed by atoms with Gasteiger partial charge in [0.25, 0.3) is 0 Å². The van der Waals surface area contributed by atoms with E-state index in [1.54, 1.807) is 24.3 Å². The van der Waals surface area contributed by atoms with Gasteiger partial charge in [-0.1, -0.05) is 66.2 Å². The van der Waals surface area contributed by atoms with Crippen LogP contribution in [0.3, 0.4) is 0 Å². The normalized spacial score (nSPS) is 13.8. The van der Waals surface area contributed by atoms with Gasteiger partial charge in [-0.25, -0.2) is 0 Å². The molecule has 0 aliphatic heterocycles. The van der Waals surface area contributed by atoms with Crippen LogP contribution in [0, 0.1) is 10.8 Å². The Hall–Kier alpha value is -1.64. The van der Waals surface area contributed by atoms with Gasteiger partial charge in [0.15, 0.2) is 5.78 Å². The summed E-state index contributed by atoms with van der Waals surface area (Å²) in [6.07, 6.45) is 9.27. The molecule has 1 aromatic rings. The Balaban J connectivity index is 2.83. The second-order valence-electron chi connectivity index (χ2n) is 9.00. The van der Waals surface area contributed by atoms with Gasteiger partial charge in [0.1, 0.15) is 5.75 Å². The molecule has 3 heteroatoms. The molecule has 28 heavy (non-hydrogen) atoms. The highest BCUT2D eigenvalue weighted by molar-refractivity contribution is 6.00. The molecule has 0 amide bonds. The molecule has 0 heterocycles. The van der Waals surface area contributed by atoms with Crippen molar-refractivity contribution >= 4 is 11.8 Å². The Morgan fingerprint density at radius 3 is 1.93 bits per heavy atom. The van der Waals surface area contributed by atoms with E-state index >= 15 is 0 Å². The van der Waals surface area contributed by atoms with E-state index in [1.165, 1.54) is 19.3 Å². The molecule has 0 saturated heterocycles. The van der Waals surface area contributed by atoms with E-state index in [2.05, 4.69) is 27.7 Å². The number of ether oxygens (including phenoxy) is 1. The van der Waals surface area contributed by atoms with Crippen LogP contribution in [0.25, 0.3) is 0 Å². The van der Waals surface area contributed by atoms with E-state index in [0.717, 1.165) is 38.5 Å². The Morgan fingerprint density at radius 2 is 1.39 bits per heavy atom. The van der Waals surface area contributed by atoms with E-state index < -0.39 is 5.41 Å². The molecule has 0 aliphatic rings. The van der Waals surface area contributed by atoms with Crippen LogP contribution in [0.1, 0.15) is 110 Å². The minimum Gasteiger partial charge on any atom is -0.426 e. The van der Waals surface area contributed by atoms with Crippen molar-refractivity contribution in [1.29, 1.82) is 0 Å². The summed E-state index contributed by atoms with van der Waals surface area (Å²) in [5, 5.41) is 0. The SMILES string of the molecule is CCCCCCC(C)(CCC)C(=O)c1ccc(OC(=O)C(C)(C)CCC)cc1. The number of Topliss-reactive ketones (excluding diaryl/α,β-unsaturated/α-hetero) is 1. The Kier molecular flexibility index (Phi) is 9.92. The van der Waals surface area contributed by atoms with Gasteiger partial charge in [0.05, 0.1) is 5.41 Å². The minimum atomic E-state index is -0.499. The highest BCUT2D eigenvalue weighted by Crippen LogP contribution is 2.35. The molecular formula is C25H40O3. The highest BCUT2D eigenvalue weighted by Gasteiger charge is 2.33. The number of hydrogen-bond acceptors (Lipinski definition) is 3. The zero-order valence-corrected chi connectivity index (χ0v) is 18.9. The van der Waals surface area contributed by atoms with Crippen LogP contribution in [-0.4, -0.2) is 11.8 Å². The fourth-order valence-corrected chi connectivity index (χ4v) is 3.84. The summed E-state index contributed by atoms with van der Waals surface area (Å²) in [7, 11) is 0. The number of carbonyl (C=O) groups is 2. The molecule has 1 unspecified atom stereocenters. The first-order valence-corrected chi connectivity index (χ1v) is 11.1. The molecule has 0 radical (unpaired) electrons. The molecule has 0 bridgehead atoms. The van der Waals surface area contributed by atoms with Gasteiger partial charge in [0.2, 0.25) is 0 Å². The van der Waals surface area contributed by atoms with Crippen LogP contribution < -0.4 is 4.74 Å². The molecule has 1 atom stereocenters. The van der Waals surface area contributed by atoms with Crippen molar-refractivity contribution in [3.8, 4) is 5.75 Å². The first kappa shape index (κ1) is 24.4. The van der Waals surface area contributed by atoms with Crippen LogP contribution >= 0.6 is 0 Å². The molecule has 0 aromatic heterocycles. The fraction of sp³-hybridized carbons (Fsp3) is 0.680. The van der Waals surface area contributed by atoms with Gasteiger partial charge in [0, 0.05) is 11.0 Å². The summed E-state index contributed by atoms with van der Waals surface area (Å²) >= 11 is 0. The van der Waals surface area contributed by atoms with E-state index in [1.807, 2.05) is 13.8 Å². The van der Waals surface area contributed by atoms with Gasteiger partial charge < -0.3 is 4.74 Å². The average molecular weight is 389 g/mol. The average Bonchev–Trinajstić information content (AvgIpc) is 2.65. The number of ketones is 1. The molecular weight excluding hydrogens is 348 g/mol. The third-order valence-corrected chi connectivity index (χ3v) is 5.69. The summed E-state index contributed by atoms with van der Waals surface area (Å²) in [5.74, 6) is 0.487. The van der Waals surface area contributed by atoms with Crippen molar-refractivity contribution in [1.82, 2.24) is 0 Å². The molecule has 1 aromatic carbocycles. The van der Waals surface area contributed by atoms with E-state index in [9.17, 15) is 9.59 Å². The summed E-state index contributed by atoms with van der Waals surface area (Å²) in [6.45, 7) is 12.3. The molecule has 0 saturated carbocycles. The van der Waals surface area contributed by atoms with Gasteiger partial charge in [-0.15, -0.1) is 0 Å². The van der Waals surface area contributed by atoms with Crippen LogP contribution in [0.4, 0.5) is 0 Å². The maximum absolute atomic E-state index is 13.2. The zero-order chi connectivity index (χ0) is 21.2. The van der Waals surface area contributed by atoms with Gasteiger partial charge >= 0.3 is 5.97 Å². The van der Waals surface area contributed by atoms with Crippen LogP contribution in [0.15, 0.2) is 24.3 Å². The Labute approximate surface area is 172 Å². The standard InChI is InChI=1S/C25H40O3/c1-7-10-11-12-19-25(6,18-9-3)22(26)20-13-15-21(16-14-20)28-23(27)24(4,5)17-8-2/h13-16H,7-12,17-19H2,1-6H3. The van der Waals surface area contributed by atoms with Crippen molar-refractivity contribution in [3.63, 3.8) is 0 Å². The lowest BCUT2D eigenvalue weighted by atomic mass is 9.74. The molecule has 0 N–H and O–H groups in total. The lowest BCUT2D eigenvalue weighted by Gasteiger charge is -2.28. The number of esters is 1. The molecule has 0 fully saturated rings. The van der Waals surface area contributed by atoms with Crippen LogP contribution in [-0.2, 0) is 4.79 Å². The quantitative estimate of drug-likeness (QED) is 0.153. The van der Waals surface area contributed by atoms with E-state index in [-0.39, 0.29) is 17.2 Å². The zero-order valence-electron chi connectivity index (χ0n) is 18.9. The minimum absolute atomic E-state index is 0.204. The van der Waals surface area contributed by atoms with Crippen LogP contribution in [0.2, 0.25) is 0 Å². The van der Waals surface area contributed by atoms with Crippen molar-refractivity contribution < 1.29 is 14.3 Å². The number of rotatable bonds is 13. The Morgan fingerprint density at radius 1 is 0.786 bits per heavy atom. The summed E-state index contributed by atoms with van der Waals surface area (Å²) in [6, 6.07) is 7.10. The second kappa shape index (κ2) is 11.4. The lowest BCUT2D eigenvalue weighted by Crippen LogP contribution is -2.29. The third kappa shape index (κ3) is 7.07. The first-order valence-electron chi connectivity index (χ1n) is 11.1. The predicted molar refractivity (Wildman–Crippen MR) is 117 cm³/mol. The third-order valence-electron chi connectivity index (χ3n) is 5.69. The maximum atomic E-state index is 13.2. The molecule has 3 nitrogen and oxygen atoms in total. The number of unbranched alkanes of at least 4 members (excludes halogenated alkanes) is 3. The lowest BCUT2D eigenvalue weighted by molar-refractivity contribution is -0.144.